The SMILES string of the molecule is CN1C(=O)OC(C)(C)c2cc(Nc3ccc(F)c(F)c3)ccc21. The molecule has 1 heterocycles. The standard InChI is InChI=1S/C17H16F2N2O2/c1-17(2)12-8-10(5-7-15(12)21(3)16(22)23-17)20-11-4-6-13(18)14(19)9-11/h4-9,20H,1-3H3. The fraction of sp³-hybridized carbons (Fsp3) is 0.235. The molecule has 23 heavy (non-hydrogen) atoms. The Morgan fingerprint density at radius 2 is 1.70 bits per heavy atom. The van der Waals surface area contributed by atoms with Gasteiger partial charge in [0.2, 0.25) is 0 Å². The number of rotatable bonds is 2. The Labute approximate surface area is 132 Å². The lowest BCUT2D eigenvalue weighted by Gasteiger charge is -2.37. The van der Waals surface area contributed by atoms with Gasteiger partial charge in [-0.2, -0.15) is 0 Å². The molecule has 0 bridgehead atoms. The number of cyclic esters (lactones) is 1. The number of amides is 1. The molecule has 1 aliphatic rings. The zero-order valence-corrected chi connectivity index (χ0v) is 13.0. The summed E-state index contributed by atoms with van der Waals surface area (Å²) in [6.45, 7) is 3.61. The number of halogens is 2. The molecule has 0 aromatic heterocycles. The van der Waals surface area contributed by atoms with Gasteiger partial charge in [-0.15, -0.1) is 0 Å². The lowest BCUT2D eigenvalue weighted by Crippen LogP contribution is -2.41. The number of carbonyl (C=O) groups is 1. The van der Waals surface area contributed by atoms with Crippen LogP contribution in [0, 0.1) is 11.6 Å². The first-order chi connectivity index (χ1) is 10.8. The lowest BCUT2D eigenvalue weighted by atomic mass is 9.93. The maximum Gasteiger partial charge on any atom is 0.414 e. The maximum absolute atomic E-state index is 13.3. The number of fused-ring (bicyclic) bond motifs is 1. The molecule has 0 radical (unpaired) electrons. The molecule has 0 unspecified atom stereocenters. The van der Waals surface area contributed by atoms with Crippen LogP contribution >= 0.6 is 0 Å². The van der Waals surface area contributed by atoms with Crippen molar-refractivity contribution in [3.63, 3.8) is 0 Å². The number of ether oxygens (including phenoxy) is 1. The summed E-state index contributed by atoms with van der Waals surface area (Å²) in [5.74, 6) is -1.81. The van der Waals surface area contributed by atoms with Crippen molar-refractivity contribution < 1.29 is 18.3 Å². The number of anilines is 3. The number of hydrogen-bond acceptors (Lipinski definition) is 3. The molecule has 1 amide bonds. The molecule has 4 nitrogen and oxygen atoms in total. The topological polar surface area (TPSA) is 41.6 Å². The summed E-state index contributed by atoms with van der Waals surface area (Å²) in [6, 6.07) is 9.00. The first-order valence-electron chi connectivity index (χ1n) is 7.11. The van der Waals surface area contributed by atoms with Gasteiger partial charge in [0, 0.05) is 30.1 Å². The van der Waals surface area contributed by atoms with Crippen molar-refractivity contribution >= 4 is 23.2 Å². The molecule has 0 saturated heterocycles. The highest BCUT2D eigenvalue weighted by Gasteiger charge is 2.36. The van der Waals surface area contributed by atoms with Crippen molar-refractivity contribution in [3.05, 3.63) is 53.6 Å². The van der Waals surface area contributed by atoms with Crippen LogP contribution in [0.15, 0.2) is 36.4 Å². The van der Waals surface area contributed by atoms with Gasteiger partial charge in [0.1, 0.15) is 5.60 Å². The van der Waals surface area contributed by atoms with Gasteiger partial charge >= 0.3 is 6.09 Å². The number of hydrogen-bond donors (Lipinski definition) is 1. The largest absolute Gasteiger partial charge is 0.438 e. The van der Waals surface area contributed by atoms with Crippen LogP contribution in [0.3, 0.4) is 0 Å². The van der Waals surface area contributed by atoms with E-state index in [1.165, 1.54) is 11.0 Å². The second-order valence-electron chi connectivity index (χ2n) is 5.92. The van der Waals surface area contributed by atoms with E-state index in [-0.39, 0.29) is 0 Å². The minimum atomic E-state index is -0.915. The molecule has 2 aromatic carbocycles. The van der Waals surface area contributed by atoms with Crippen molar-refractivity contribution in [2.24, 2.45) is 0 Å². The van der Waals surface area contributed by atoms with Crippen molar-refractivity contribution in [1.82, 2.24) is 0 Å². The van der Waals surface area contributed by atoms with Gasteiger partial charge in [0.25, 0.3) is 0 Å². The molecular weight excluding hydrogens is 302 g/mol. The van der Waals surface area contributed by atoms with E-state index in [2.05, 4.69) is 5.32 Å². The molecule has 0 spiro atoms. The van der Waals surface area contributed by atoms with Crippen LogP contribution in [0.1, 0.15) is 19.4 Å². The second kappa shape index (κ2) is 5.22. The Hall–Kier alpha value is -2.63. The van der Waals surface area contributed by atoms with E-state index in [4.69, 9.17) is 4.74 Å². The number of nitrogens with zero attached hydrogens (tertiary/aromatic N) is 1. The van der Waals surface area contributed by atoms with Gasteiger partial charge in [-0.05, 0) is 44.2 Å². The van der Waals surface area contributed by atoms with E-state index in [1.807, 2.05) is 6.07 Å². The Morgan fingerprint density at radius 3 is 2.39 bits per heavy atom. The minimum absolute atomic E-state index is 0.413. The van der Waals surface area contributed by atoms with E-state index >= 15 is 0 Å². The van der Waals surface area contributed by atoms with Crippen LogP contribution in [0.25, 0.3) is 0 Å². The summed E-state index contributed by atoms with van der Waals surface area (Å²) in [5.41, 5.74) is 1.93. The maximum atomic E-state index is 13.3. The highest BCUT2D eigenvalue weighted by atomic mass is 19.2. The summed E-state index contributed by atoms with van der Waals surface area (Å²) in [4.78, 5) is 13.3. The van der Waals surface area contributed by atoms with Crippen LogP contribution in [-0.4, -0.2) is 13.1 Å². The van der Waals surface area contributed by atoms with Gasteiger partial charge in [-0.25, -0.2) is 13.6 Å². The summed E-state index contributed by atoms with van der Waals surface area (Å²) >= 11 is 0. The van der Waals surface area contributed by atoms with Crippen LogP contribution in [0.2, 0.25) is 0 Å². The normalized spacial score (nSPS) is 15.9. The summed E-state index contributed by atoms with van der Waals surface area (Å²) in [7, 11) is 1.64. The van der Waals surface area contributed by atoms with Gasteiger partial charge in [-0.3, -0.25) is 4.90 Å². The Morgan fingerprint density at radius 1 is 1.04 bits per heavy atom. The fourth-order valence-electron chi connectivity index (χ4n) is 2.57. The zero-order valence-electron chi connectivity index (χ0n) is 13.0. The molecule has 0 fully saturated rings. The Kier molecular flexibility index (Phi) is 3.47. The van der Waals surface area contributed by atoms with Crippen molar-refractivity contribution in [2.75, 3.05) is 17.3 Å². The fourth-order valence-corrected chi connectivity index (χ4v) is 2.57. The zero-order chi connectivity index (χ0) is 16.8. The molecular formula is C17H16F2N2O2. The third-order valence-corrected chi connectivity index (χ3v) is 3.83. The third-order valence-electron chi connectivity index (χ3n) is 3.83. The molecule has 1 N–H and O–H groups in total. The average molecular weight is 318 g/mol. The molecule has 0 saturated carbocycles. The molecule has 120 valence electrons. The van der Waals surface area contributed by atoms with Gasteiger partial charge < -0.3 is 10.1 Å². The first kappa shape index (κ1) is 15.3. The summed E-state index contributed by atoms with van der Waals surface area (Å²) in [6.07, 6.45) is -0.413. The number of nitrogens with one attached hydrogen (secondary N) is 1. The third kappa shape index (κ3) is 2.72. The monoisotopic (exact) mass is 318 g/mol. The molecule has 3 rings (SSSR count). The van der Waals surface area contributed by atoms with E-state index in [1.54, 1.807) is 33.0 Å². The number of benzene rings is 2. The highest BCUT2D eigenvalue weighted by Crippen LogP contribution is 2.39. The van der Waals surface area contributed by atoms with E-state index in [9.17, 15) is 13.6 Å². The minimum Gasteiger partial charge on any atom is -0.438 e. The van der Waals surface area contributed by atoms with Crippen molar-refractivity contribution in [2.45, 2.75) is 19.4 Å². The van der Waals surface area contributed by atoms with Crippen LogP contribution < -0.4 is 10.2 Å². The number of carbonyl (C=O) groups excluding carboxylic acids is 1. The average Bonchev–Trinajstić information content (AvgIpc) is 2.48. The van der Waals surface area contributed by atoms with E-state index in [0.717, 1.165) is 23.4 Å². The molecule has 0 aliphatic carbocycles. The predicted octanol–water partition coefficient (Wildman–Crippen LogP) is 4.53. The smallest absolute Gasteiger partial charge is 0.414 e. The van der Waals surface area contributed by atoms with Gasteiger partial charge in [0.15, 0.2) is 11.6 Å². The van der Waals surface area contributed by atoms with Crippen LogP contribution in [-0.2, 0) is 10.3 Å². The molecule has 0 atom stereocenters. The summed E-state index contributed by atoms with van der Waals surface area (Å²) < 4.78 is 31.7. The van der Waals surface area contributed by atoms with Gasteiger partial charge in [0.05, 0.1) is 5.69 Å². The molecule has 1 aliphatic heterocycles. The quantitative estimate of drug-likeness (QED) is 0.884. The van der Waals surface area contributed by atoms with Crippen molar-refractivity contribution in [1.29, 1.82) is 0 Å². The molecule has 6 heteroatoms. The predicted molar refractivity (Wildman–Crippen MR) is 84.0 cm³/mol. The molecule has 2 aromatic rings. The van der Waals surface area contributed by atoms with Crippen LogP contribution in [0.5, 0.6) is 0 Å². The van der Waals surface area contributed by atoms with Gasteiger partial charge in [-0.1, -0.05) is 0 Å². The Bertz CT molecular complexity index is 790. The second-order valence-corrected chi connectivity index (χ2v) is 5.92. The van der Waals surface area contributed by atoms with Crippen LogP contribution in [0.4, 0.5) is 30.6 Å². The van der Waals surface area contributed by atoms with E-state index < -0.39 is 23.3 Å². The summed E-state index contributed by atoms with van der Waals surface area (Å²) in [5, 5.41) is 3.02. The van der Waals surface area contributed by atoms with Crippen molar-refractivity contribution in [3.8, 4) is 0 Å². The highest BCUT2D eigenvalue weighted by molar-refractivity contribution is 5.91. The first-order valence-corrected chi connectivity index (χ1v) is 7.11. The Balaban J connectivity index is 1.97. The van der Waals surface area contributed by atoms with E-state index in [0.29, 0.717) is 11.4 Å². The lowest BCUT2D eigenvalue weighted by molar-refractivity contribution is 0.0362.